The van der Waals surface area contributed by atoms with Crippen molar-refractivity contribution in [1.82, 2.24) is 5.32 Å². The van der Waals surface area contributed by atoms with E-state index in [1.807, 2.05) is 24.6 Å². The molecule has 0 aliphatic heterocycles. The van der Waals surface area contributed by atoms with Gasteiger partial charge in [0.25, 0.3) is 0 Å². The molecule has 1 heterocycles. The molecule has 0 aliphatic rings. The summed E-state index contributed by atoms with van der Waals surface area (Å²) < 4.78 is 35.7. The van der Waals surface area contributed by atoms with E-state index in [4.69, 9.17) is 0 Å². The molecule has 86 valence electrons. The lowest BCUT2D eigenvalue weighted by atomic mass is 10.0. The lowest BCUT2D eigenvalue weighted by Crippen LogP contribution is -2.28. The van der Waals surface area contributed by atoms with Gasteiger partial charge in [0.15, 0.2) is 0 Å². The zero-order chi connectivity index (χ0) is 11.5. The fourth-order valence-corrected chi connectivity index (χ4v) is 2.34. The molecule has 1 rings (SSSR count). The minimum absolute atomic E-state index is 0.288. The molecule has 0 saturated carbocycles. The highest BCUT2D eigenvalue weighted by atomic mass is 32.1. The van der Waals surface area contributed by atoms with Gasteiger partial charge in [-0.2, -0.15) is 24.5 Å². The summed E-state index contributed by atoms with van der Waals surface area (Å²) in [5.41, 5.74) is 2.11. The van der Waals surface area contributed by atoms with Crippen LogP contribution in [0.2, 0.25) is 0 Å². The fourth-order valence-electron chi connectivity index (χ4n) is 1.32. The first-order valence-corrected chi connectivity index (χ1v) is 5.67. The van der Waals surface area contributed by atoms with Gasteiger partial charge in [-0.25, -0.2) is 0 Å². The van der Waals surface area contributed by atoms with Gasteiger partial charge in [0.1, 0.15) is 0 Å². The number of halogens is 3. The average molecular weight is 237 g/mol. The zero-order valence-electron chi connectivity index (χ0n) is 8.69. The summed E-state index contributed by atoms with van der Waals surface area (Å²) >= 11 is 1.53. The van der Waals surface area contributed by atoms with Crippen LogP contribution in [0.5, 0.6) is 0 Å². The number of thiophene rings is 1. The molecule has 1 aromatic heterocycles. The second kappa shape index (κ2) is 4.99. The minimum Gasteiger partial charge on any atom is -0.305 e. The molecule has 0 bridgehead atoms. The number of rotatable bonds is 4. The highest BCUT2D eigenvalue weighted by Gasteiger charge is 2.26. The van der Waals surface area contributed by atoms with Gasteiger partial charge in [-0.15, -0.1) is 0 Å². The molecule has 1 N–H and O–H groups in total. The first-order chi connectivity index (χ1) is 6.90. The van der Waals surface area contributed by atoms with Crippen molar-refractivity contribution in [2.24, 2.45) is 0 Å². The molecular weight excluding hydrogens is 223 g/mol. The molecule has 1 nitrogen and oxygen atoms in total. The summed E-state index contributed by atoms with van der Waals surface area (Å²) in [5.74, 6) is 0.360. The third kappa shape index (κ3) is 4.22. The Bertz CT molecular complexity index is 304. The van der Waals surface area contributed by atoms with Crippen molar-refractivity contribution >= 4 is 11.3 Å². The van der Waals surface area contributed by atoms with E-state index in [-0.39, 0.29) is 6.54 Å². The van der Waals surface area contributed by atoms with E-state index in [0.29, 0.717) is 5.92 Å². The third-order valence-corrected chi connectivity index (χ3v) is 2.85. The lowest BCUT2D eigenvalue weighted by Gasteiger charge is -2.10. The fraction of sp³-hybridized carbons (Fsp3) is 0.600. The predicted octanol–water partition coefficient (Wildman–Crippen LogP) is 3.52. The summed E-state index contributed by atoms with van der Waals surface area (Å²) in [6.07, 6.45) is -4.13. The van der Waals surface area contributed by atoms with Crippen LogP contribution in [0.3, 0.4) is 0 Å². The summed E-state index contributed by atoms with van der Waals surface area (Å²) in [7, 11) is 0. The molecular formula is C10H14F3NS. The van der Waals surface area contributed by atoms with E-state index >= 15 is 0 Å². The quantitative estimate of drug-likeness (QED) is 0.844. The van der Waals surface area contributed by atoms with E-state index in [0.717, 1.165) is 11.1 Å². The Hall–Kier alpha value is -0.550. The molecule has 0 aliphatic carbocycles. The van der Waals surface area contributed by atoms with Crippen LogP contribution in [0, 0.1) is 0 Å². The van der Waals surface area contributed by atoms with Gasteiger partial charge in [-0.3, -0.25) is 0 Å². The maximum atomic E-state index is 11.9. The monoisotopic (exact) mass is 237 g/mol. The van der Waals surface area contributed by atoms with Crippen molar-refractivity contribution in [1.29, 1.82) is 0 Å². The minimum atomic E-state index is -4.13. The highest BCUT2D eigenvalue weighted by Crippen LogP contribution is 2.23. The first-order valence-electron chi connectivity index (χ1n) is 4.72. The maximum Gasteiger partial charge on any atom is 0.401 e. The largest absolute Gasteiger partial charge is 0.401 e. The Balaban J connectivity index is 2.47. The van der Waals surface area contributed by atoms with Crippen LogP contribution in [-0.4, -0.2) is 12.7 Å². The van der Waals surface area contributed by atoms with Gasteiger partial charge in [-0.1, -0.05) is 13.8 Å². The smallest absolute Gasteiger partial charge is 0.305 e. The second-order valence-electron chi connectivity index (χ2n) is 3.73. The molecule has 0 unspecified atom stereocenters. The summed E-state index contributed by atoms with van der Waals surface area (Å²) in [4.78, 5) is 0. The summed E-state index contributed by atoms with van der Waals surface area (Å²) in [6.45, 7) is 3.43. The first kappa shape index (κ1) is 12.5. The number of nitrogens with one attached hydrogen (secondary N) is 1. The normalized spacial score (nSPS) is 12.4. The molecule has 0 atom stereocenters. The third-order valence-electron chi connectivity index (χ3n) is 2.04. The van der Waals surface area contributed by atoms with E-state index in [9.17, 15) is 13.2 Å². The van der Waals surface area contributed by atoms with Gasteiger partial charge in [0, 0.05) is 6.54 Å². The van der Waals surface area contributed by atoms with Crippen LogP contribution in [0.15, 0.2) is 10.8 Å². The molecule has 0 aromatic carbocycles. The van der Waals surface area contributed by atoms with Gasteiger partial charge in [0.2, 0.25) is 0 Å². The van der Waals surface area contributed by atoms with Crippen LogP contribution in [0.25, 0.3) is 0 Å². The molecule has 5 heteroatoms. The topological polar surface area (TPSA) is 12.0 Å². The number of hydrogen-bond donors (Lipinski definition) is 1. The van der Waals surface area contributed by atoms with Crippen molar-refractivity contribution in [3.8, 4) is 0 Å². The lowest BCUT2D eigenvalue weighted by molar-refractivity contribution is -0.125. The zero-order valence-corrected chi connectivity index (χ0v) is 9.50. The van der Waals surface area contributed by atoms with Crippen molar-refractivity contribution < 1.29 is 13.2 Å². The van der Waals surface area contributed by atoms with E-state index < -0.39 is 12.7 Å². The Morgan fingerprint density at radius 2 is 2.00 bits per heavy atom. The molecule has 0 spiro atoms. The van der Waals surface area contributed by atoms with Crippen molar-refractivity contribution in [2.45, 2.75) is 32.5 Å². The Labute approximate surface area is 91.3 Å². The molecule has 1 aromatic rings. The van der Waals surface area contributed by atoms with Crippen molar-refractivity contribution in [3.05, 3.63) is 21.9 Å². The summed E-state index contributed by atoms with van der Waals surface area (Å²) in [6, 6.07) is 0. The van der Waals surface area contributed by atoms with E-state index in [1.165, 1.54) is 11.3 Å². The van der Waals surface area contributed by atoms with Gasteiger partial charge in [-0.05, 0) is 27.8 Å². The maximum absolute atomic E-state index is 11.9. The number of alkyl halides is 3. The van der Waals surface area contributed by atoms with Crippen LogP contribution < -0.4 is 5.32 Å². The molecule has 0 saturated heterocycles. The Morgan fingerprint density at radius 1 is 1.33 bits per heavy atom. The Morgan fingerprint density at radius 3 is 2.53 bits per heavy atom. The SMILES string of the molecule is CC(C)c1cscc1CNCC(F)(F)F. The van der Waals surface area contributed by atoms with Crippen molar-refractivity contribution in [3.63, 3.8) is 0 Å². The van der Waals surface area contributed by atoms with E-state index in [2.05, 4.69) is 5.32 Å². The van der Waals surface area contributed by atoms with Gasteiger partial charge in [0.05, 0.1) is 6.54 Å². The predicted molar refractivity (Wildman–Crippen MR) is 56.2 cm³/mol. The Kier molecular flexibility index (Phi) is 4.16. The van der Waals surface area contributed by atoms with Crippen LogP contribution in [-0.2, 0) is 6.54 Å². The number of hydrogen-bond acceptors (Lipinski definition) is 2. The summed E-state index contributed by atoms with van der Waals surface area (Å²) in [5, 5.41) is 6.30. The molecule has 0 fully saturated rings. The standard InChI is InChI=1S/C10H14F3NS/c1-7(2)9-5-15-4-8(9)3-14-6-10(11,12)13/h4-5,7,14H,3,6H2,1-2H3. The molecule has 15 heavy (non-hydrogen) atoms. The highest BCUT2D eigenvalue weighted by molar-refractivity contribution is 7.08. The van der Waals surface area contributed by atoms with Gasteiger partial charge >= 0.3 is 6.18 Å². The van der Waals surface area contributed by atoms with Crippen LogP contribution in [0.4, 0.5) is 13.2 Å². The van der Waals surface area contributed by atoms with Crippen LogP contribution >= 0.6 is 11.3 Å². The second-order valence-corrected chi connectivity index (χ2v) is 4.47. The van der Waals surface area contributed by atoms with Crippen LogP contribution in [0.1, 0.15) is 30.9 Å². The van der Waals surface area contributed by atoms with Gasteiger partial charge < -0.3 is 5.32 Å². The molecule has 0 amide bonds. The van der Waals surface area contributed by atoms with Crippen molar-refractivity contribution in [2.75, 3.05) is 6.54 Å². The van der Waals surface area contributed by atoms with E-state index in [1.54, 1.807) is 0 Å². The molecule has 0 radical (unpaired) electrons. The average Bonchev–Trinajstić information content (AvgIpc) is 2.49.